The molecule has 136 valence electrons. The molecule has 0 spiro atoms. The highest BCUT2D eigenvalue weighted by Gasteiger charge is 2.09. The summed E-state index contributed by atoms with van der Waals surface area (Å²) in [6.45, 7) is 5.62. The Morgan fingerprint density at radius 3 is 2.54 bits per heavy atom. The van der Waals surface area contributed by atoms with Crippen molar-refractivity contribution in [3.05, 3.63) is 24.3 Å². The number of nitrogens with one attached hydrogen (secondary N) is 1. The maximum absolute atomic E-state index is 11.5. The molecule has 1 saturated heterocycles. The summed E-state index contributed by atoms with van der Waals surface area (Å²) in [6.07, 6.45) is -0.497. The summed E-state index contributed by atoms with van der Waals surface area (Å²) < 4.78 is 20.7. The van der Waals surface area contributed by atoms with E-state index in [2.05, 4.69) is 10.2 Å². The van der Waals surface area contributed by atoms with Crippen molar-refractivity contribution in [3.63, 3.8) is 0 Å². The Balaban J connectivity index is 0.00000288. The first-order chi connectivity index (χ1) is 11.3. The number of anilines is 1. The minimum Gasteiger partial charge on any atom is -0.492 e. The van der Waals surface area contributed by atoms with Crippen LogP contribution in [0, 0.1) is 0 Å². The molecular formula is C16H25ClN2O5. The Morgan fingerprint density at radius 1 is 1.17 bits per heavy atom. The number of amides is 1. The molecule has 1 fully saturated rings. The number of methoxy groups -OCH3 is 1. The lowest BCUT2D eigenvalue weighted by Crippen LogP contribution is -2.38. The van der Waals surface area contributed by atoms with E-state index < -0.39 is 6.09 Å². The fraction of sp³-hybridized carbons (Fsp3) is 0.562. The van der Waals surface area contributed by atoms with Crippen LogP contribution >= 0.6 is 12.4 Å². The third-order valence-electron chi connectivity index (χ3n) is 3.40. The molecule has 2 rings (SSSR count). The van der Waals surface area contributed by atoms with Gasteiger partial charge in [0.25, 0.3) is 0 Å². The van der Waals surface area contributed by atoms with Crippen molar-refractivity contribution in [2.75, 3.05) is 65.1 Å². The average molecular weight is 361 g/mol. The third-order valence-corrected chi connectivity index (χ3v) is 3.40. The summed E-state index contributed by atoms with van der Waals surface area (Å²) in [6, 6.07) is 7.21. The second kappa shape index (κ2) is 11.9. The minimum absolute atomic E-state index is 0. The molecule has 0 atom stereocenters. The van der Waals surface area contributed by atoms with Crippen molar-refractivity contribution >= 4 is 24.2 Å². The van der Waals surface area contributed by atoms with E-state index >= 15 is 0 Å². The molecule has 7 nitrogen and oxygen atoms in total. The fourth-order valence-corrected chi connectivity index (χ4v) is 2.12. The molecule has 1 aromatic rings. The van der Waals surface area contributed by atoms with Crippen molar-refractivity contribution in [3.8, 4) is 5.75 Å². The van der Waals surface area contributed by atoms with Crippen LogP contribution in [0.4, 0.5) is 10.5 Å². The van der Waals surface area contributed by atoms with Gasteiger partial charge in [0.1, 0.15) is 19.0 Å². The summed E-state index contributed by atoms with van der Waals surface area (Å²) in [4.78, 5) is 13.8. The first-order valence-electron chi connectivity index (χ1n) is 7.73. The van der Waals surface area contributed by atoms with Gasteiger partial charge < -0.3 is 18.9 Å². The van der Waals surface area contributed by atoms with Crippen LogP contribution in [0.3, 0.4) is 0 Å². The van der Waals surface area contributed by atoms with Crippen LogP contribution in [0.5, 0.6) is 5.75 Å². The van der Waals surface area contributed by atoms with Crippen molar-refractivity contribution in [1.82, 2.24) is 4.90 Å². The lowest BCUT2D eigenvalue weighted by Gasteiger charge is -2.26. The zero-order valence-corrected chi connectivity index (χ0v) is 14.7. The number of halogens is 1. The number of rotatable bonds is 8. The van der Waals surface area contributed by atoms with Gasteiger partial charge in [0.05, 0.1) is 19.8 Å². The van der Waals surface area contributed by atoms with Crippen molar-refractivity contribution in [1.29, 1.82) is 0 Å². The van der Waals surface area contributed by atoms with Crippen LogP contribution in [-0.4, -0.2) is 70.8 Å². The molecule has 0 bridgehead atoms. The molecule has 1 N–H and O–H groups in total. The summed E-state index contributed by atoms with van der Waals surface area (Å²) >= 11 is 0. The van der Waals surface area contributed by atoms with E-state index in [4.69, 9.17) is 18.9 Å². The molecule has 0 radical (unpaired) electrons. The molecule has 0 saturated carbocycles. The predicted octanol–water partition coefficient (Wildman–Crippen LogP) is 2.01. The molecule has 1 amide bonds. The van der Waals surface area contributed by atoms with Gasteiger partial charge in [0.2, 0.25) is 0 Å². The first kappa shape index (κ1) is 20.5. The van der Waals surface area contributed by atoms with Crippen molar-refractivity contribution in [2.24, 2.45) is 0 Å². The maximum atomic E-state index is 11.5. The molecule has 24 heavy (non-hydrogen) atoms. The highest BCUT2D eigenvalue weighted by Crippen LogP contribution is 2.16. The zero-order valence-electron chi connectivity index (χ0n) is 13.9. The second-order valence-corrected chi connectivity index (χ2v) is 5.08. The Kier molecular flexibility index (Phi) is 10.2. The van der Waals surface area contributed by atoms with Gasteiger partial charge >= 0.3 is 6.09 Å². The topological polar surface area (TPSA) is 69.3 Å². The van der Waals surface area contributed by atoms with Gasteiger partial charge in [-0.2, -0.15) is 0 Å². The largest absolute Gasteiger partial charge is 0.492 e. The summed E-state index contributed by atoms with van der Waals surface area (Å²) in [7, 11) is 1.55. The van der Waals surface area contributed by atoms with Crippen molar-refractivity contribution in [2.45, 2.75) is 0 Å². The van der Waals surface area contributed by atoms with E-state index in [1.54, 1.807) is 19.2 Å². The van der Waals surface area contributed by atoms with E-state index in [-0.39, 0.29) is 19.0 Å². The van der Waals surface area contributed by atoms with Crippen LogP contribution < -0.4 is 10.1 Å². The number of benzene rings is 1. The zero-order chi connectivity index (χ0) is 16.3. The average Bonchev–Trinajstić information content (AvgIpc) is 2.58. The van der Waals surface area contributed by atoms with Crippen LogP contribution in [0.15, 0.2) is 24.3 Å². The highest BCUT2D eigenvalue weighted by atomic mass is 35.5. The monoisotopic (exact) mass is 360 g/mol. The van der Waals surface area contributed by atoms with Gasteiger partial charge in [-0.25, -0.2) is 4.79 Å². The first-order valence-corrected chi connectivity index (χ1v) is 7.73. The summed E-state index contributed by atoms with van der Waals surface area (Å²) in [5.74, 6) is 0.775. The van der Waals surface area contributed by atoms with E-state index in [9.17, 15) is 4.79 Å². The van der Waals surface area contributed by atoms with E-state index in [1.165, 1.54) is 0 Å². The molecule has 1 aliphatic heterocycles. The number of carbonyl (C=O) groups is 1. The molecule has 0 aliphatic carbocycles. The smallest absolute Gasteiger partial charge is 0.411 e. The molecule has 8 heteroatoms. The van der Waals surface area contributed by atoms with E-state index in [1.807, 2.05) is 12.1 Å². The molecule has 1 aromatic carbocycles. The lowest BCUT2D eigenvalue weighted by atomic mass is 10.3. The van der Waals surface area contributed by atoms with Crippen LogP contribution in [-0.2, 0) is 14.2 Å². The maximum Gasteiger partial charge on any atom is 0.411 e. The lowest BCUT2D eigenvalue weighted by molar-refractivity contribution is 0.0322. The normalized spacial score (nSPS) is 14.5. The fourth-order valence-electron chi connectivity index (χ4n) is 2.12. The molecule has 1 heterocycles. The minimum atomic E-state index is -0.497. The van der Waals surface area contributed by atoms with Gasteiger partial charge in [-0.1, -0.05) is 0 Å². The second-order valence-electron chi connectivity index (χ2n) is 5.08. The molecular weight excluding hydrogens is 336 g/mol. The SMILES string of the molecule is COCCOC(=O)Nc1ccc(OCCN2CCOCC2)cc1.Cl. The van der Waals surface area contributed by atoms with Crippen molar-refractivity contribution < 1.29 is 23.7 Å². The van der Waals surface area contributed by atoms with Gasteiger partial charge in [-0.05, 0) is 24.3 Å². The van der Waals surface area contributed by atoms with Crippen LogP contribution in [0.1, 0.15) is 0 Å². The Morgan fingerprint density at radius 2 is 1.88 bits per heavy atom. The number of nitrogens with zero attached hydrogens (tertiary/aromatic N) is 1. The van der Waals surface area contributed by atoms with Crippen LogP contribution in [0.25, 0.3) is 0 Å². The Bertz CT molecular complexity index is 466. The third kappa shape index (κ3) is 7.83. The van der Waals surface area contributed by atoms with E-state index in [0.29, 0.717) is 18.9 Å². The summed E-state index contributed by atoms with van der Waals surface area (Å²) in [5.41, 5.74) is 0.660. The van der Waals surface area contributed by atoms with Gasteiger partial charge in [0, 0.05) is 32.4 Å². The number of hydrogen-bond acceptors (Lipinski definition) is 6. The standard InChI is InChI=1S/C16H24N2O5.ClH/c1-20-12-13-23-16(19)17-14-2-4-15(5-3-14)22-11-8-18-6-9-21-10-7-18;/h2-5H,6-13H2,1H3,(H,17,19);1H. The van der Waals surface area contributed by atoms with Crippen LogP contribution in [0.2, 0.25) is 0 Å². The number of morpholine rings is 1. The number of carbonyl (C=O) groups excluding carboxylic acids is 1. The van der Waals surface area contributed by atoms with Gasteiger partial charge in [0.15, 0.2) is 0 Å². The summed E-state index contributed by atoms with van der Waals surface area (Å²) in [5, 5.41) is 2.64. The number of ether oxygens (including phenoxy) is 4. The number of hydrogen-bond donors (Lipinski definition) is 1. The molecule has 0 unspecified atom stereocenters. The van der Waals surface area contributed by atoms with Gasteiger partial charge in [-0.3, -0.25) is 10.2 Å². The molecule has 1 aliphatic rings. The molecule has 0 aromatic heterocycles. The van der Waals surface area contributed by atoms with Gasteiger partial charge in [-0.15, -0.1) is 12.4 Å². The quantitative estimate of drug-likeness (QED) is 0.715. The Hall–Kier alpha value is -1.54. The predicted molar refractivity (Wildman–Crippen MR) is 93.3 cm³/mol. The van der Waals surface area contributed by atoms with E-state index in [0.717, 1.165) is 38.6 Å². The Labute approximate surface area is 148 Å². The highest BCUT2D eigenvalue weighted by molar-refractivity contribution is 5.85.